The number of nitrogens with one attached hydrogen (secondary N) is 2. The fourth-order valence-corrected chi connectivity index (χ4v) is 3.77. The number of rotatable bonds is 6. The zero-order chi connectivity index (χ0) is 18.6. The largest absolute Gasteiger partial charge is 0.486 e. The second-order valence-corrected chi connectivity index (χ2v) is 7.33. The Kier molecular flexibility index (Phi) is 5.21. The second-order valence-electron chi connectivity index (χ2n) is 5.99. The molecule has 140 valence electrons. The highest BCUT2D eigenvalue weighted by Gasteiger charge is 2.14. The predicted octanol–water partition coefficient (Wildman–Crippen LogP) is 2.80. The third kappa shape index (κ3) is 4.04. The molecule has 3 heterocycles. The monoisotopic (exact) mass is 402 g/mol. The standard InChI is InChI=1S/C18H18N4O3S2/c23-16(11-22-17(20-21-18(22)26)15-2-1-9-27-15)19-6-5-12-3-4-13-14(10-12)25-8-7-24-13/h1-4,9-10H,5-8,11H2,(H,19,23)(H,21,26). The van der Waals surface area contributed by atoms with Crippen LogP contribution in [0.15, 0.2) is 35.7 Å². The molecular weight excluding hydrogens is 384 g/mol. The molecular formula is C18H18N4O3S2. The summed E-state index contributed by atoms with van der Waals surface area (Å²) in [6.07, 6.45) is 0.705. The molecule has 0 saturated carbocycles. The van der Waals surface area contributed by atoms with Gasteiger partial charge >= 0.3 is 0 Å². The summed E-state index contributed by atoms with van der Waals surface area (Å²) in [5.41, 5.74) is 1.08. The lowest BCUT2D eigenvalue weighted by Gasteiger charge is -2.18. The van der Waals surface area contributed by atoms with E-state index in [2.05, 4.69) is 15.5 Å². The first kappa shape index (κ1) is 17.7. The van der Waals surface area contributed by atoms with Gasteiger partial charge < -0.3 is 14.8 Å². The highest BCUT2D eigenvalue weighted by Crippen LogP contribution is 2.30. The van der Waals surface area contributed by atoms with Crippen molar-refractivity contribution in [3.63, 3.8) is 0 Å². The van der Waals surface area contributed by atoms with Crippen molar-refractivity contribution in [1.82, 2.24) is 20.1 Å². The van der Waals surface area contributed by atoms with E-state index in [4.69, 9.17) is 21.7 Å². The van der Waals surface area contributed by atoms with Gasteiger partial charge in [-0.05, 0) is 47.8 Å². The Morgan fingerprint density at radius 1 is 1.30 bits per heavy atom. The number of amides is 1. The maximum Gasteiger partial charge on any atom is 0.240 e. The van der Waals surface area contributed by atoms with Gasteiger partial charge in [0.2, 0.25) is 5.91 Å². The Balaban J connectivity index is 1.34. The molecule has 2 N–H and O–H groups in total. The summed E-state index contributed by atoms with van der Waals surface area (Å²) in [6.45, 7) is 1.79. The Morgan fingerprint density at radius 3 is 2.96 bits per heavy atom. The van der Waals surface area contributed by atoms with E-state index in [-0.39, 0.29) is 12.5 Å². The molecule has 2 aromatic heterocycles. The molecule has 0 fully saturated rings. The van der Waals surface area contributed by atoms with E-state index in [1.54, 1.807) is 15.9 Å². The quantitative estimate of drug-likeness (QED) is 0.620. The first-order valence-corrected chi connectivity index (χ1v) is 9.84. The SMILES string of the molecule is O=C(Cn1c(-c2cccs2)n[nH]c1=S)NCCc1ccc2c(c1)OCCO2. The molecule has 0 spiro atoms. The number of aromatic amines is 1. The summed E-state index contributed by atoms with van der Waals surface area (Å²) in [5, 5.41) is 11.9. The minimum Gasteiger partial charge on any atom is -0.486 e. The number of thiophene rings is 1. The van der Waals surface area contributed by atoms with Crippen molar-refractivity contribution in [1.29, 1.82) is 0 Å². The van der Waals surface area contributed by atoms with Crippen LogP contribution in [0.1, 0.15) is 5.56 Å². The lowest BCUT2D eigenvalue weighted by molar-refractivity contribution is -0.121. The van der Waals surface area contributed by atoms with Gasteiger partial charge in [-0.15, -0.1) is 11.3 Å². The van der Waals surface area contributed by atoms with Crippen molar-refractivity contribution in [2.45, 2.75) is 13.0 Å². The summed E-state index contributed by atoms with van der Waals surface area (Å²) in [7, 11) is 0. The van der Waals surface area contributed by atoms with Crippen molar-refractivity contribution in [2.24, 2.45) is 0 Å². The molecule has 0 saturated heterocycles. The van der Waals surface area contributed by atoms with Gasteiger partial charge in [-0.25, -0.2) is 0 Å². The molecule has 4 rings (SSSR count). The topological polar surface area (TPSA) is 81.2 Å². The molecule has 1 aliphatic rings. The number of H-pyrrole nitrogens is 1. The Bertz CT molecular complexity index is 994. The number of nitrogens with zero attached hydrogens (tertiary/aromatic N) is 2. The Morgan fingerprint density at radius 2 is 2.15 bits per heavy atom. The van der Waals surface area contributed by atoms with E-state index in [9.17, 15) is 4.79 Å². The fraction of sp³-hybridized carbons (Fsp3) is 0.278. The van der Waals surface area contributed by atoms with Crippen LogP contribution < -0.4 is 14.8 Å². The summed E-state index contributed by atoms with van der Waals surface area (Å²) in [5.74, 6) is 2.10. The predicted molar refractivity (Wildman–Crippen MR) is 105 cm³/mol. The normalized spacial score (nSPS) is 12.7. The van der Waals surface area contributed by atoms with E-state index in [1.807, 2.05) is 35.7 Å². The summed E-state index contributed by atoms with van der Waals surface area (Å²) < 4.78 is 13.2. The summed E-state index contributed by atoms with van der Waals surface area (Å²) in [6, 6.07) is 9.74. The molecule has 7 nitrogen and oxygen atoms in total. The molecule has 1 amide bonds. The first-order valence-electron chi connectivity index (χ1n) is 8.55. The van der Waals surface area contributed by atoms with Gasteiger partial charge in [0.25, 0.3) is 0 Å². The van der Waals surface area contributed by atoms with Crippen molar-refractivity contribution in [3.05, 3.63) is 46.0 Å². The van der Waals surface area contributed by atoms with Crippen LogP contribution in [0.2, 0.25) is 0 Å². The molecule has 1 aromatic carbocycles. The van der Waals surface area contributed by atoms with Crippen LogP contribution in [0.5, 0.6) is 11.5 Å². The number of carbonyl (C=O) groups is 1. The third-order valence-electron chi connectivity index (χ3n) is 4.14. The highest BCUT2D eigenvalue weighted by molar-refractivity contribution is 7.71. The summed E-state index contributed by atoms with van der Waals surface area (Å²) in [4.78, 5) is 13.3. The van der Waals surface area contributed by atoms with E-state index in [1.165, 1.54) is 0 Å². The van der Waals surface area contributed by atoms with Gasteiger partial charge in [0.05, 0.1) is 4.88 Å². The maximum atomic E-state index is 12.3. The van der Waals surface area contributed by atoms with E-state index >= 15 is 0 Å². The van der Waals surface area contributed by atoms with Crippen molar-refractivity contribution >= 4 is 29.5 Å². The van der Waals surface area contributed by atoms with Gasteiger partial charge in [0.15, 0.2) is 22.1 Å². The lowest BCUT2D eigenvalue weighted by atomic mass is 10.1. The number of benzene rings is 1. The molecule has 27 heavy (non-hydrogen) atoms. The molecule has 0 bridgehead atoms. The molecule has 9 heteroatoms. The Labute approximate surface area is 164 Å². The molecule has 0 radical (unpaired) electrons. The molecule has 0 atom stereocenters. The third-order valence-corrected chi connectivity index (χ3v) is 5.32. The van der Waals surface area contributed by atoms with Crippen LogP contribution in [-0.4, -0.2) is 40.4 Å². The maximum absolute atomic E-state index is 12.3. The van der Waals surface area contributed by atoms with Gasteiger partial charge in [-0.1, -0.05) is 12.1 Å². The molecule has 1 aliphatic heterocycles. The second kappa shape index (κ2) is 7.93. The van der Waals surface area contributed by atoms with Crippen molar-refractivity contribution in [3.8, 4) is 22.2 Å². The molecule has 0 unspecified atom stereocenters. The van der Waals surface area contributed by atoms with Crippen LogP contribution in [-0.2, 0) is 17.8 Å². The zero-order valence-electron chi connectivity index (χ0n) is 14.4. The van der Waals surface area contributed by atoms with Crippen LogP contribution >= 0.6 is 23.6 Å². The minimum atomic E-state index is -0.108. The van der Waals surface area contributed by atoms with Crippen LogP contribution in [0, 0.1) is 4.77 Å². The number of fused-ring (bicyclic) bond motifs is 1. The number of hydrogen-bond donors (Lipinski definition) is 2. The highest BCUT2D eigenvalue weighted by atomic mass is 32.1. The Hall–Kier alpha value is -2.65. The van der Waals surface area contributed by atoms with E-state index in [0.717, 1.165) is 21.9 Å². The fourth-order valence-electron chi connectivity index (χ4n) is 2.85. The van der Waals surface area contributed by atoms with E-state index in [0.29, 0.717) is 36.8 Å². The van der Waals surface area contributed by atoms with E-state index < -0.39 is 0 Å². The van der Waals surface area contributed by atoms with Gasteiger partial charge in [-0.2, -0.15) is 5.10 Å². The van der Waals surface area contributed by atoms with Crippen molar-refractivity contribution < 1.29 is 14.3 Å². The van der Waals surface area contributed by atoms with Crippen molar-refractivity contribution in [2.75, 3.05) is 19.8 Å². The van der Waals surface area contributed by atoms with Crippen LogP contribution in [0.3, 0.4) is 0 Å². The van der Waals surface area contributed by atoms with Gasteiger partial charge in [-0.3, -0.25) is 14.5 Å². The van der Waals surface area contributed by atoms with Gasteiger partial charge in [0.1, 0.15) is 19.8 Å². The number of carbonyl (C=O) groups excluding carboxylic acids is 1. The number of ether oxygens (including phenoxy) is 2. The number of hydrogen-bond acceptors (Lipinski definition) is 6. The van der Waals surface area contributed by atoms with Crippen LogP contribution in [0.25, 0.3) is 10.7 Å². The molecule has 0 aliphatic carbocycles. The smallest absolute Gasteiger partial charge is 0.240 e. The number of aromatic nitrogens is 3. The minimum absolute atomic E-state index is 0.108. The first-order chi connectivity index (χ1) is 13.2. The summed E-state index contributed by atoms with van der Waals surface area (Å²) >= 11 is 6.81. The zero-order valence-corrected chi connectivity index (χ0v) is 16.1. The molecule has 3 aromatic rings. The lowest BCUT2D eigenvalue weighted by Crippen LogP contribution is -2.29. The van der Waals surface area contributed by atoms with Gasteiger partial charge in [0, 0.05) is 6.54 Å². The average molecular weight is 403 g/mol. The average Bonchev–Trinajstić information content (AvgIpc) is 3.32. The van der Waals surface area contributed by atoms with Crippen LogP contribution in [0.4, 0.5) is 0 Å².